The molecule has 1 N–H and O–H groups in total. The lowest BCUT2D eigenvalue weighted by molar-refractivity contribution is 0.0603. The van der Waals surface area contributed by atoms with Gasteiger partial charge in [-0.25, -0.2) is 9.78 Å². The summed E-state index contributed by atoms with van der Waals surface area (Å²) in [5.74, 6) is -0.178. The maximum atomic E-state index is 13.0. The van der Waals surface area contributed by atoms with Gasteiger partial charge in [0.15, 0.2) is 5.65 Å². The van der Waals surface area contributed by atoms with E-state index >= 15 is 0 Å². The van der Waals surface area contributed by atoms with Crippen molar-refractivity contribution >= 4 is 11.6 Å². The van der Waals surface area contributed by atoms with Crippen LogP contribution in [0.2, 0.25) is 0 Å². The summed E-state index contributed by atoms with van der Waals surface area (Å²) in [6.45, 7) is 0. The number of hydrogen-bond acceptors (Lipinski definition) is 5. The minimum absolute atomic E-state index is 0.0745. The second-order valence-corrected chi connectivity index (χ2v) is 6.39. The number of benzene rings is 2. The summed E-state index contributed by atoms with van der Waals surface area (Å²) in [5, 5.41) is 12.6. The van der Waals surface area contributed by atoms with E-state index in [4.69, 9.17) is 4.74 Å². The summed E-state index contributed by atoms with van der Waals surface area (Å²) in [7, 11) is 1.25. The average molecular weight is 384 g/mol. The smallest absolute Gasteiger partial charge is 0.342 e. The van der Waals surface area contributed by atoms with Crippen LogP contribution in [0.25, 0.3) is 16.8 Å². The minimum Gasteiger partial charge on any atom is -0.465 e. The first kappa shape index (κ1) is 18.2. The van der Waals surface area contributed by atoms with E-state index in [-0.39, 0.29) is 22.3 Å². The number of H-pyrrole nitrogens is 1. The zero-order valence-corrected chi connectivity index (χ0v) is 15.5. The molecule has 0 radical (unpaired) electrons. The van der Waals surface area contributed by atoms with Crippen molar-refractivity contribution in [3.05, 3.63) is 93.5 Å². The van der Waals surface area contributed by atoms with E-state index in [0.717, 1.165) is 10.1 Å². The molecule has 2 heterocycles. The summed E-state index contributed by atoms with van der Waals surface area (Å²) in [6, 6.07) is 20.4. The average Bonchev–Trinajstić information content (AvgIpc) is 3.18. The van der Waals surface area contributed by atoms with Gasteiger partial charge in [-0.3, -0.25) is 9.89 Å². The number of nitrogens with zero attached hydrogens (tertiary/aromatic N) is 3. The summed E-state index contributed by atoms with van der Waals surface area (Å²) >= 11 is 0. The van der Waals surface area contributed by atoms with Crippen LogP contribution in [-0.2, 0) is 11.2 Å². The molecule has 2 aromatic heterocycles. The van der Waals surface area contributed by atoms with Gasteiger partial charge < -0.3 is 4.74 Å². The van der Waals surface area contributed by atoms with Crippen molar-refractivity contribution in [2.24, 2.45) is 0 Å². The zero-order chi connectivity index (χ0) is 20.4. The van der Waals surface area contributed by atoms with Crippen molar-refractivity contribution in [3.63, 3.8) is 0 Å². The maximum absolute atomic E-state index is 13.0. The van der Waals surface area contributed by atoms with Crippen molar-refractivity contribution in [3.8, 4) is 17.2 Å². The Hall–Kier alpha value is -4.18. The number of pyridine rings is 1. The molecule has 0 aliphatic heterocycles. The first-order valence-electron chi connectivity index (χ1n) is 8.89. The number of aromatic amines is 1. The third-order valence-corrected chi connectivity index (χ3v) is 4.61. The minimum atomic E-state index is -0.671. The standard InChI is InChI=1S/C22H16N4O3/c1-29-22(28)19-18(15-10-6-3-7-11-15)16(13-23)21(27)26-20(19)24-17(25-26)12-14-8-4-2-5-9-14/h2-11H,12H2,1H3,(H,24,25). The number of carbonyl (C=O) groups excluding carboxylic acids is 1. The van der Waals surface area contributed by atoms with Gasteiger partial charge >= 0.3 is 5.97 Å². The van der Waals surface area contributed by atoms with Gasteiger partial charge in [-0.15, -0.1) is 0 Å². The number of carbonyl (C=O) groups is 1. The Morgan fingerprint density at radius 1 is 1.14 bits per heavy atom. The van der Waals surface area contributed by atoms with Gasteiger partial charge in [-0.05, 0) is 11.1 Å². The Morgan fingerprint density at radius 3 is 2.41 bits per heavy atom. The van der Waals surface area contributed by atoms with Gasteiger partial charge in [-0.1, -0.05) is 60.7 Å². The Bertz CT molecular complexity index is 1300. The van der Waals surface area contributed by atoms with Crippen LogP contribution < -0.4 is 5.56 Å². The predicted octanol–water partition coefficient (Wildman–Crippen LogP) is 2.94. The van der Waals surface area contributed by atoms with Crippen LogP contribution in [0.4, 0.5) is 0 Å². The van der Waals surface area contributed by atoms with Gasteiger partial charge in [0.1, 0.15) is 23.0 Å². The Morgan fingerprint density at radius 2 is 1.79 bits per heavy atom. The molecule has 0 aliphatic carbocycles. The second kappa shape index (κ2) is 7.44. The molecule has 4 aromatic rings. The molecule has 0 aliphatic rings. The highest BCUT2D eigenvalue weighted by Crippen LogP contribution is 2.29. The third-order valence-electron chi connectivity index (χ3n) is 4.61. The molecule has 0 spiro atoms. The monoisotopic (exact) mass is 384 g/mol. The first-order valence-corrected chi connectivity index (χ1v) is 8.89. The third kappa shape index (κ3) is 3.17. The summed E-state index contributed by atoms with van der Waals surface area (Å²) in [4.78, 5) is 30.2. The van der Waals surface area contributed by atoms with Crippen LogP contribution in [0.3, 0.4) is 0 Å². The fourth-order valence-corrected chi connectivity index (χ4v) is 3.32. The van der Waals surface area contributed by atoms with Crippen LogP contribution >= 0.6 is 0 Å². The predicted molar refractivity (Wildman–Crippen MR) is 107 cm³/mol. The maximum Gasteiger partial charge on any atom is 0.342 e. The quantitative estimate of drug-likeness (QED) is 0.545. The lowest BCUT2D eigenvalue weighted by atomic mass is 9.96. The molecule has 0 amide bonds. The molecule has 29 heavy (non-hydrogen) atoms. The number of aromatic nitrogens is 3. The van der Waals surface area contributed by atoms with E-state index < -0.39 is 11.5 Å². The number of fused-ring (bicyclic) bond motifs is 1. The van der Waals surface area contributed by atoms with Gasteiger partial charge in [0.2, 0.25) is 0 Å². The van der Waals surface area contributed by atoms with E-state index in [1.807, 2.05) is 42.5 Å². The largest absolute Gasteiger partial charge is 0.465 e. The topological polar surface area (TPSA) is 100 Å². The molecular weight excluding hydrogens is 368 g/mol. The van der Waals surface area contributed by atoms with E-state index in [1.165, 1.54) is 7.11 Å². The molecule has 0 bridgehead atoms. The fourth-order valence-electron chi connectivity index (χ4n) is 3.32. The highest BCUT2D eigenvalue weighted by Gasteiger charge is 2.27. The van der Waals surface area contributed by atoms with E-state index in [9.17, 15) is 14.9 Å². The Kier molecular flexibility index (Phi) is 4.67. The summed E-state index contributed by atoms with van der Waals surface area (Å²) in [6.07, 6.45) is 0.436. The summed E-state index contributed by atoms with van der Waals surface area (Å²) in [5.41, 5.74) is 1.27. The van der Waals surface area contributed by atoms with Crippen LogP contribution in [0.1, 0.15) is 27.3 Å². The molecular formula is C22H16N4O3. The summed E-state index contributed by atoms with van der Waals surface area (Å²) < 4.78 is 6.09. The number of esters is 1. The number of hydrogen-bond donors (Lipinski definition) is 1. The molecule has 0 saturated heterocycles. The van der Waals surface area contributed by atoms with Crippen molar-refractivity contribution in [2.75, 3.05) is 7.11 Å². The van der Waals surface area contributed by atoms with Crippen molar-refractivity contribution in [2.45, 2.75) is 6.42 Å². The number of rotatable bonds is 4. The van der Waals surface area contributed by atoms with E-state index in [2.05, 4.69) is 10.1 Å². The van der Waals surface area contributed by atoms with Gasteiger partial charge in [0.25, 0.3) is 5.56 Å². The van der Waals surface area contributed by atoms with Crippen LogP contribution in [-0.4, -0.2) is 27.7 Å². The fraction of sp³-hybridized carbons (Fsp3) is 0.0909. The van der Waals surface area contributed by atoms with Crippen molar-refractivity contribution in [1.82, 2.24) is 14.6 Å². The number of ether oxygens (including phenoxy) is 1. The molecule has 0 fully saturated rings. The lowest BCUT2D eigenvalue weighted by Crippen LogP contribution is -2.22. The second-order valence-electron chi connectivity index (χ2n) is 6.39. The van der Waals surface area contributed by atoms with Crippen LogP contribution in [0, 0.1) is 11.3 Å². The number of nitriles is 1. The molecule has 0 unspecified atom stereocenters. The Labute approximate surface area is 165 Å². The number of methoxy groups -OCH3 is 1. The Balaban J connectivity index is 2.03. The van der Waals surface area contributed by atoms with Crippen LogP contribution in [0.15, 0.2) is 65.5 Å². The SMILES string of the molecule is COC(=O)c1c(-c2ccccc2)c(C#N)c(=O)n2[nH]c(Cc3ccccc3)nc12. The molecule has 2 aromatic carbocycles. The molecule has 7 nitrogen and oxygen atoms in total. The highest BCUT2D eigenvalue weighted by atomic mass is 16.5. The first-order chi connectivity index (χ1) is 14.1. The lowest BCUT2D eigenvalue weighted by Gasteiger charge is -2.10. The van der Waals surface area contributed by atoms with Crippen molar-refractivity contribution < 1.29 is 9.53 Å². The number of nitrogens with one attached hydrogen (secondary N) is 1. The normalized spacial score (nSPS) is 10.6. The van der Waals surface area contributed by atoms with Crippen molar-refractivity contribution in [1.29, 1.82) is 5.26 Å². The van der Waals surface area contributed by atoms with Crippen LogP contribution in [0.5, 0.6) is 0 Å². The van der Waals surface area contributed by atoms with Gasteiger partial charge in [0, 0.05) is 12.0 Å². The molecule has 7 heteroatoms. The molecule has 4 rings (SSSR count). The van der Waals surface area contributed by atoms with Gasteiger partial charge in [-0.2, -0.15) is 9.78 Å². The van der Waals surface area contributed by atoms with E-state index in [0.29, 0.717) is 17.8 Å². The highest BCUT2D eigenvalue weighted by molar-refractivity contribution is 6.04. The van der Waals surface area contributed by atoms with Gasteiger partial charge in [0.05, 0.1) is 7.11 Å². The van der Waals surface area contributed by atoms with E-state index in [1.54, 1.807) is 24.3 Å². The molecule has 142 valence electrons. The molecule has 0 saturated carbocycles. The zero-order valence-electron chi connectivity index (χ0n) is 15.5. The molecule has 0 atom stereocenters.